The van der Waals surface area contributed by atoms with Gasteiger partial charge in [0.2, 0.25) is 0 Å². The van der Waals surface area contributed by atoms with E-state index in [0.29, 0.717) is 11.6 Å². The van der Waals surface area contributed by atoms with E-state index in [2.05, 4.69) is 26.0 Å². The normalized spacial score (nSPS) is 15.2. The summed E-state index contributed by atoms with van der Waals surface area (Å²) in [6, 6.07) is 5.86. The summed E-state index contributed by atoms with van der Waals surface area (Å²) in [4.78, 5) is 4.60. The van der Waals surface area contributed by atoms with Gasteiger partial charge in [0, 0.05) is 23.0 Å². The largest absolute Gasteiger partial charge is 0.397 e. The average Bonchev–Trinajstić information content (AvgIpc) is 3.07. The van der Waals surface area contributed by atoms with Gasteiger partial charge in [-0.05, 0) is 40.9 Å². The Hall–Kier alpha value is -1.36. The fraction of sp³-hybridized carbons (Fsp3) is 0.333. The Kier molecular flexibility index (Phi) is 2.43. The van der Waals surface area contributed by atoms with Gasteiger partial charge in [0.25, 0.3) is 0 Å². The molecule has 0 atom stereocenters. The van der Waals surface area contributed by atoms with Gasteiger partial charge in [-0.3, -0.25) is 0 Å². The quantitative estimate of drug-likeness (QED) is 0.866. The molecule has 2 aromatic rings. The number of halogens is 1. The fourth-order valence-electron chi connectivity index (χ4n) is 1.89. The lowest BCUT2D eigenvalue weighted by atomic mass is 10.1. The van der Waals surface area contributed by atoms with Gasteiger partial charge in [-0.2, -0.15) is 5.10 Å². The van der Waals surface area contributed by atoms with Crippen molar-refractivity contribution in [1.82, 2.24) is 14.8 Å². The van der Waals surface area contributed by atoms with E-state index in [4.69, 9.17) is 5.73 Å². The molecule has 1 saturated carbocycles. The Morgan fingerprint density at radius 3 is 2.88 bits per heavy atom. The SMILES string of the molecule is Cn1nc(C2CC2)nc1-c1cccc(Br)c1N. The van der Waals surface area contributed by atoms with Gasteiger partial charge in [0.1, 0.15) is 0 Å². The van der Waals surface area contributed by atoms with Crippen molar-refractivity contribution in [1.29, 1.82) is 0 Å². The zero-order valence-electron chi connectivity index (χ0n) is 9.52. The number of aromatic nitrogens is 3. The van der Waals surface area contributed by atoms with Crippen LogP contribution in [0.25, 0.3) is 11.4 Å². The fourth-order valence-corrected chi connectivity index (χ4v) is 2.25. The molecule has 0 bridgehead atoms. The van der Waals surface area contributed by atoms with Gasteiger partial charge in [-0.1, -0.05) is 6.07 Å². The second-order valence-corrected chi connectivity index (χ2v) is 5.25. The third-order valence-electron chi connectivity index (χ3n) is 3.02. The summed E-state index contributed by atoms with van der Waals surface area (Å²) < 4.78 is 2.71. The number of para-hydroxylation sites is 1. The van der Waals surface area contributed by atoms with Crippen molar-refractivity contribution in [3.63, 3.8) is 0 Å². The van der Waals surface area contributed by atoms with E-state index in [1.54, 1.807) is 0 Å². The topological polar surface area (TPSA) is 56.7 Å². The molecule has 0 saturated heterocycles. The first-order chi connectivity index (χ1) is 8.16. The lowest BCUT2D eigenvalue weighted by Gasteiger charge is -2.05. The molecule has 0 unspecified atom stereocenters. The van der Waals surface area contributed by atoms with Crippen LogP contribution in [0.2, 0.25) is 0 Å². The number of anilines is 1. The predicted molar refractivity (Wildman–Crippen MR) is 70.5 cm³/mol. The van der Waals surface area contributed by atoms with E-state index in [-0.39, 0.29) is 0 Å². The van der Waals surface area contributed by atoms with Crippen LogP contribution in [0.4, 0.5) is 5.69 Å². The molecule has 0 radical (unpaired) electrons. The minimum atomic E-state index is 0.559. The second kappa shape index (κ2) is 3.84. The van der Waals surface area contributed by atoms with Crippen molar-refractivity contribution < 1.29 is 0 Å². The van der Waals surface area contributed by atoms with Crippen molar-refractivity contribution in [2.45, 2.75) is 18.8 Å². The molecule has 0 spiro atoms. The summed E-state index contributed by atoms with van der Waals surface area (Å²) in [7, 11) is 1.91. The van der Waals surface area contributed by atoms with Crippen molar-refractivity contribution in [2.24, 2.45) is 7.05 Å². The van der Waals surface area contributed by atoms with Gasteiger partial charge in [0.05, 0.1) is 5.69 Å². The molecule has 1 heterocycles. The highest BCUT2D eigenvalue weighted by atomic mass is 79.9. The third-order valence-corrected chi connectivity index (χ3v) is 3.71. The maximum Gasteiger partial charge on any atom is 0.160 e. The zero-order chi connectivity index (χ0) is 12.0. The lowest BCUT2D eigenvalue weighted by molar-refractivity contribution is 0.750. The Labute approximate surface area is 108 Å². The monoisotopic (exact) mass is 292 g/mol. The summed E-state index contributed by atoms with van der Waals surface area (Å²) in [5, 5.41) is 4.45. The Balaban J connectivity index is 2.11. The van der Waals surface area contributed by atoms with Crippen molar-refractivity contribution >= 4 is 21.6 Å². The molecule has 4 nitrogen and oxygen atoms in total. The van der Waals surface area contributed by atoms with E-state index in [1.807, 2.05) is 29.9 Å². The van der Waals surface area contributed by atoms with Crippen LogP contribution in [-0.4, -0.2) is 14.8 Å². The average molecular weight is 293 g/mol. The molecule has 1 aromatic carbocycles. The minimum Gasteiger partial charge on any atom is -0.397 e. The molecule has 3 rings (SSSR count). The number of rotatable bonds is 2. The van der Waals surface area contributed by atoms with Crippen LogP contribution in [0.1, 0.15) is 24.6 Å². The highest BCUT2D eigenvalue weighted by Gasteiger charge is 2.29. The maximum atomic E-state index is 6.06. The zero-order valence-corrected chi connectivity index (χ0v) is 11.1. The third kappa shape index (κ3) is 1.84. The van der Waals surface area contributed by atoms with Crippen LogP contribution in [0, 0.1) is 0 Å². The van der Waals surface area contributed by atoms with Gasteiger partial charge in [-0.25, -0.2) is 9.67 Å². The first kappa shape index (κ1) is 10.8. The summed E-state index contributed by atoms with van der Waals surface area (Å²) in [6.07, 6.45) is 2.41. The Morgan fingerprint density at radius 1 is 1.41 bits per heavy atom. The molecule has 1 aliphatic carbocycles. The smallest absolute Gasteiger partial charge is 0.160 e. The Morgan fingerprint density at radius 2 is 2.18 bits per heavy atom. The number of hydrogen-bond donors (Lipinski definition) is 1. The van der Waals surface area contributed by atoms with Gasteiger partial charge in [-0.15, -0.1) is 0 Å². The predicted octanol–water partition coefficient (Wildman–Crippen LogP) is 2.70. The molecule has 0 aliphatic heterocycles. The minimum absolute atomic E-state index is 0.559. The Bertz CT molecular complexity index is 572. The standard InChI is InChI=1S/C12H13BrN4/c1-17-12(15-11(16-17)7-5-6-7)8-3-2-4-9(13)10(8)14/h2-4,7H,5-6,14H2,1H3. The lowest BCUT2D eigenvalue weighted by Crippen LogP contribution is -1.98. The summed E-state index contributed by atoms with van der Waals surface area (Å²) in [5.41, 5.74) is 7.70. The van der Waals surface area contributed by atoms with Crippen molar-refractivity contribution in [3.05, 3.63) is 28.5 Å². The molecule has 17 heavy (non-hydrogen) atoms. The van der Waals surface area contributed by atoms with E-state index in [0.717, 1.165) is 21.7 Å². The first-order valence-corrected chi connectivity index (χ1v) is 6.41. The number of nitrogen functional groups attached to an aromatic ring is 1. The molecule has 88 valence electrons. The van der Waals surface area contributed by atoms with Gasteiger partial charge in [0.15, 0.2) is 11.6 Å². The number of nitrogens with zero attached hydrogens (tertiary/aromatic N) is 3. The molecular weight excluding hydrogens is 280 g/mol. The molecular formula is C12H13BrN4. The highest BCUT2D eigenvalue weighted by Crippen LogP contribution is 2.39. The van der Waals surface area contributed by atoms with Gasteiger partial charge < -0.3 is 5.73 Å². The number of hydrogen-bond acceptors (Lipinski definition) is 3. The number of aryl methyl sites for hydroxylation is 1. The van der Waals surface area contributed by atoms with Crippen LogP contribution in [0.3, 0.4) is 0 Å². The van der Waals surface area contributed by atoms with E-state index in [1.165, 1.54) is 12.8 Å². The van der Waals surface area contributed by atoms with Crippen LogP contribution < -0.4 is 5.73 Å². The summed E-state index contributed by atoms with van der Waals surface area (Å²) >= 11 is 3.43. The van der Waals surface area contributed by atoms with E-state index >= 15 is 0 Å². The summed E-state index contributed by atoms with van der Waals surface area (Å²) in [6.45, 7) is 0. The first-order valence-electron chi connectivity index (χ1n) is 5.62. The van der Waals surface area contributed by atoms with Crippen LogP contribution in [0.15, 0.2) is 22.7 Å². The van der Waals surface area contributed by atoms with Crippen LogP contribution >= 0.6 is 15.9 Å². The summed E-state index contributed by atoms with van der Waals surface area (Å²) in [5.74, 6) is 2.34. The van der Waals surface area contributed by atoms with Crippen molar-refractivity contribution in [3.8, 4) is 11.4 Å². The molecule has 1 aliphatic rings. The second-order valence-electron chi connectivity index (χ2n) is 4.39. The van der Waals surface area contributed by atoms with Crippen LogP contribution in [0.5, 0.6) is 0 Å². The van der Waals surface area contributed by atoms with Crippen molar-refractivity contribution in [2.75, 3.05) is 5.73 Å². The van der Waals surface area contributed by atoms with E-state index in [9.17, 15) is 0 Å². The number of nitrogens with two attached hydrogens (primary N) is 1. The molecule has 1 aromatic heterocycles. The number of benzene rings is 1. The molecule has 5 heteroatoms. The maximum absolute atomic E-state index is 6.06. The molecule has 0 amide bonds. The van der Waals surface area contributed by atoms with E-state index < -0.39 is 0 Å². The molecule has 2 N–H and O–H groups in total. The molecule has 1 fully saturated rings. The van der Waals surface area contributed by atoms with Crippen LogP contribution in [-0.2, 0) is 7.05 Å². The highest BCUT2D eigenvalue weighted by molar-refractivity contribution is 9.10. The van der Waals surface area contributed by atoms with Gasteiger partial charge >= 0.3 is 0 Å².